The van der Waals surface area contributed by atoms with Crippen molar-refractivity contribution < 1.29 is 0 Å². The molecule has 124 valence electrons. The van der Waals surface area contributed by atoms with Crippen molar-refractivity contribution in [3.8, 4) is 0 Å². The van der Waals surface area contributed by atoms with Gasteiger partial charge in [-0.2, -0.15) is 0 Å². The number of fused-ring (bicyclic) bond motifs is 1. The molecule has 0 aliphatic rings. The number of benzene rings is 1. The number of pyridine rings is 1. The van der Waals surface area contributed by atoms with E-state index in [4.69, 9.17) is 23.2 Å². The fourth-order valence-corrected chi connectivity index (χ4v) is 3.01. The molecule has 4 nitrogen and oxygen atoms in total. The molecule has 24 heavy (non-hydrogen) atoms. The molecule has 0 aliphatic carbocycles. The molecule has 2 aromatic heterocycles. The zero-order valence-electron chi connectivity index (χ0n) is 13.5. The van der Waals surface area contributed by atoms with Gasteiger partial charge >= 0.3 is 0 Å². The summed E-state index contributed by atoms with van der Waals surface area (Å²) >= 11 is 12.3. The second kappa shape index (κ2) is 6.93. The molecule has 0 atom stereocenters. The van der Waals surface area contributed by atoms with E-state index in [1.165, 1.54) is 0 Å². The molecule has 0 amide bonds. The number of hydrogen-bond acceptors (Lipinski definition) is 3. The van der Waals surface area contributed by atoms with Crippen molar-refractivity contribution in [1.29, 1.82) is 0 Å². The van der Waals surface area contributed by atoms with Gasteiger partial charge in [-0.1, -0.05) is 41.4 Å². The first-order chi connectivity index (χ1) is 11.4. The summed E-state index contributed by atoms with van der Waals surface area (Å²) in [4.78, 5) is 18.9. The molecule has 3 aromatic rings. The minimum Gasteiger partial charge on any atom is -0.296 e. The molecule has 2 heterocycles. The Balaban J connectivity index is 1.83. The monoisotopic (exact) mass is 361 g/mol. The van der Waals surface area contributed by atoms with Gasteiger partial charge in [-0.25, -0.2) is 4.98 Å². The molecule has 0 bridgehead atoms. The largest absolute Gasteiger partial charge is 0.296 e. The molecule has 0 radical (unpaired) electrons. The Bertz CT molecular complexity index is 953. The summed E-state index contributed by atoms with van der Waals surface area (Å²) in [6.07, 6.45) is 1.80. The topological polar surface area (TPSA) is 37.6 Å². The average molecular weight is 362 g/mol. The van der Waals surface area contributed by atoms with E-state index in [1.54, 1.807) is 22.7 Å². The van der Waals surface area contributed by atoms with E-state index in [2.05, 4.69) is 4.98 Å². The lowest BCUT2D eigenvalue weighted by atomic mass is 10.2. The number of nitrogens with zero attached hydrogens (tertiary/aromatic N) is 3. The third kappa shape index (κ3) is 3.61. The number of halogens is 2. The highest BCUT2D eigenvalue weighted by Gasteiger charge is 2.10. The molecule has 3 rings (SSSR count). The van der Waals surface area contributed by atoms with Crippen LogP contribution in [-0.2, 0) is 13.1 Å². The second-order valence-electron chi connectivity index (χ2n) is 5.91. The van der Waals surface area contributed by atoms with Crippen molar-refractivity contribution in [2.75, 3.05) is 7.05 Å². The van der Waals surface area contributed by atoms with E-state index in [-0.39, 0.29) is 5.56 Å². The third-order valence-corrected chi connectivity index (χ3v) is 4.62. The molecule has 6 heteroatoms. The summed E-state index contributed by atoms with van der Waals surface area (Å²) in [6, 6.07) is 11.0. The van der Waals surface area contributed by atoms with Crippen LogP contribution in [-0.4, -0.2) is 21.3 Å². The molecule has 0 spiro atoms. The smallest absolute Gasteiger partial charge is 0.258 e. The first kappa shape index (κ1) is 17.0. The molecule has 0 fully saturated rings. The SMILES string of the molecule is Cc1ccc2nc(CN(C)Cc3cccc(Cl)c3Cl)cc(=O)n2c1. The first-order valence-electron chi connectivity index (χ1n) is 7.54. The predicted molar refractivity (Wildman–Crippen MR) is 97.8 cm³/mol. The highest BCUT2D eigenvalue weighted by molar-refractivity contribution is 6.42. The van der Waals surface area contributed by atoms with Gasteiger partial charge in [-0.3, -0.25) is 14.1 Å². The maximum atomic E-state index is 12.3. The summed E-state index contributed by atoms with van der Waals surface area (Å²) in [5, 5.41) is 1.10. The van der Waals surface area contributed by atoms with Gasteiger partial charge in [0, 0.05) is 25.4 Å². The van der Waals surface area contributed by atoms with Crippen LogP contribution < -0.4 is 5.56 Å². The van der Waals surface area contributed by atoms with E-state index in [1.807, 2.05) is 43.1 Å². The number of hydrogen-bond donors (Lipinski definition) is 0. The Labute approximate surface area is 150 Å². The van der Waals surface area contributed by atoms with Gasteiger partial charge in [-0.05, 0) is 37.2 Å². The van der Waals surface area contributed by atoms with Gasteiger partial charge in [0.05, 0.1) is 15.7 Å². The zero-order valence-corrected chi connectivity index (χ0v) is 15.0. The number of aryl methyl sites for hydroxylation is 1. The lowest BCUT2D eigenvalue weighted by Crippen LogP contribution is -2.22. The van der Waals surface area contributed by atoms with Crippen molar-refractivity contribution in [2.45, 2.75) is 20.0 Å². The van der Waals surface area contributed by atoms with Crippen molar-refractivity contribution >= 4 is 28.8 Å². The van der Waals surface area contributed by atoms with E-state index >= 15 is 0 Å². The van der Waals surface area contributed by atoms with Gasteiger partial charge in [0.15, 0.2) is 0 Å². The highest BCUT2D eigenvalue weighted by atomic mass is 35.5. The molecule has 0 unspecified atom stereocenters. The second-order valence-corrected chi connectivity index (χ2v) is 6.69. The molecule has 1 aromatic carbocycles. The van der Waals surface area contributed by atoms with E-state index in [9.17, 15) is 4.79 Å². The van der Waals surface area contributed by atoms with E-state index < -0.39 is 0 Å². The van der Waals surface area contributed by atoms with Gasteiger partial charge in [-0.15, -0.1) is 0 Å². The van der Waals surface area contributed by atoms with Crippen molar-refractivity contribution in [1.82, 2.24) is 14.3 Å². The Kier molecular flexibility index (Phi) is 4.90. The third-order valence-electron chi connectivity index (χ3n) is 3.76. The predicted octanol–water partition coefficient (Wildman–Crippen LogP) is 3.94. The van der Waals surface area contributed by atoms with E-state index in [0.717, 1.165) is 16.8 Å². The van der Waals surface area contributed by atoms with Crippen LogP contribution in [0.1, 0.15) is 16.8 Å². The first-order valence-corrected chi connectivity index (χ1v) is 8.30. The molecule has 0 N–H and O–H groups in total. The lowest BCUT2D eigenvalue weighted by Gasteiger charge is -2.17. The highest BCUT2D eigenvalue weighted by Crippen LogP contribution is 2.26. The average Bonchev–Trinajstić information content (AvgIpc) is 2.52. The normalized spacial score (nSPS) is 11.4. The maximum absolute atomic E-state index is 12.3. The van der Waals surface area contributed by atoms with Crippen LogP contribution in [0.15, 0.2) is 47.4 Å². The van der Waals surface area contributed by atoms with Gasteiger partial charge in [0.25, 0.3) is 5.56 Å². The van der Waals surface area contributed by atoms with Crippen LogP contribution >= 0.6 is 23.2 Å². The number of aromatic nitrogens is 2. The van der Waals surface area contributed by atoms with E-state index in [0.29, 0.717) is 28.8 Å². The maximum Gasteiger partial charge on any atom is 0.258 e. The van der Waals surface area contributed by atoms with Crippen LogP contribution in [0, 0.1) is 6.92 Å². The summed E-state index contributed by atoms with van der Waals surface area (Å²) in [5.41, 5.74) is 3.27. The summed E-state index contributed by atoms with van der Waals surface area (Å²) in [6.45, 7) is 3.11. The standard InChI is InChI=1S/C18H17Cl2N3O/c1-12-6-7-16-21-14(8-17(24)23(16)9-12)11-22(2)10-13-4-3-5-15(19)18(13)20/h3-9H,10-11H2,1-2H3. The summed E-state index contributed by atoms with van der Waals surface area (Å²) in [5.74, 6) is 0. The molecular weight excluding hydrogens is 345 g/mol. The minimum absolute atomic E-state index is 0.0760. The fourth-order valence-electron chi connectivity index (χ4n) is 2.63. The van der Waals surface area contributed by atoms with Crippen LogP contribution in [0.25, 0.3) is 5.65 Å². The Morgan fingerprint density at radius 2 is 1.96 bits per heavy atom. The van der Waals surface area contributed by atoms with Crippen LogP contribution in [0.4, 0.5) is 0 Å². The van der Waals surface area contributed by atoms with Crippen LogP contribution in [0.5, 0.6) is 0 Å². The molecule has 0 saturated carbocycles. The molecular formula is C18H17Cl2N3O. The Morgan fingerprint density at radius 1 is 1.17 bits per heavy atom. The Morgan fingerprint density at radius 3 is 2.75 bits per heavy atom. The lowest BCUT2D eigenvalue weighted by molar-refractivity contribution is 0.315. The summed E-state index contributed by atoms with van der Waals surface area (Å²) < 4.78 is 1.56. The minimum atomic E-state index is -0.0760. The van der Waals surface area contributed by atoms with Crippen LogP contribution in [0.3, 0.4) is 0 Å². The van der Waals surface area contributed by atoms with Gasteiger partial charge < -0.3 is 0 Å². The quantitative estimate of drug-likeness (QED) is 0.706. The fraction of sp³-hybridized carbons (Fsp3) is 0.222. The van der Waals surface area contributed by atoms with Crippen molar-refractivity contribution in [2.24, 2.45) is 0 Å². The Hall–Kier alpha value is -1.88. The molecule has 0 aliphatic heterocycles. The van der Waals surface area contributed by atoms with Crippen LogP contribution in [0.2, 0.25) is 10.0 Å². The number of rotatable bonds is 4. The zero-order chi connectivity index (χ0) is 17.3. The van der Waals surface area contributed by atoms with Gasteiger partial charge in [0.1, 0.15) is 5.65 Å². The summed E-state index contributed by atoms with van der Waals surface area (Å²) in [7, 11) is 1.95. The van der Waals surface area contributed by atoms with Crippen molar-refractivity contribution in [3.05, 3.63) is 79.8 Å². The van der Waals surface area contributed by atoms with Gasteiger partial charge in [0.2, 0.25) is 0 Å². The molecule has 0 saturated heterocycles. The van der Waals surface area contributed by atoms with Crippen molar-refractivity contribution in [3.63, 3.8) is 0 Å².